The Morgan fingerprint density at radius 3 is 2.48 bits per heavy atom. The fraction of sp³-hybridized carbons (Fsp3) is 0.350. The van der Waals surface area contributed by atoms with E-state index in [1.807, 2.05) is 32.0 Å². The number of ether oxygens (including phenoxy) is 2. The first-order valence-electron chi connectivity index (χ1n) is 8.52. The summed E-state index contributed by atoms with van der Waals surface area (Å²) in [4.78, 5) is 11.9. The summed E-state index contributed by atoms with van der Waals surface area (Å²) in [6.07, 6.45) is 0.704. The highest BCUT2D eigenvalue weighted by Crippen LogP contribution is 2.28. The minimum atomic E-state index is -0.356. The molecule has 1 amide bonds. The molecule has 0 fully saturated rings. The van der Waals surface area contributed by atoms with Crippen LogP contribution in [0.2, 0.25) is 0 Å². The van der Waals surface area contributed by atoms with E-state index in [1.165, 1.54) is 6.07 Å². The lowest BCUT2D eigenvalue weighted by Gasteiger charge is -2.12. The molecule has 0 aromatic heterocycles. The number of nitrogens with one attached hydrogen (secondary N) is 1. The van der Waals surface area contributed by atoms with E-state index in [-0.39, 0.29) is 18.1 Å². The van der Waals surface area contributed by atoms with E-state index in [0.29, 0.717) is 37.5 Å². The third-order valence-electron chi connectivity index (χ3n) is 3.65. The molecule has 25 heavy (non-hydrogen) atoms. The van der Waals surface area contributed by atoms with Crippen molar-refractivity contribution < 1.29 is 18.7 Å². The summed E-state index contributed by atoms with van der Waals surface area (Å²) in [6, 6.07) is 12.1. The van der Waals surface area contributed by atoms with Crippen LogP contribution in [0.4, 0.5) is 4.39 Å². The highest BCUT2D eigenvalue weighted by atomic mass is 19.1. The average molecular weight is 345 g/mol. The Labute approximate surface area is 148 Å². The van der Waals surface area contributed by atoms with Gasteiger partial charge in [0.15, 0.2) is 11.5 Å². The predicted molar refractivity (Wildman–Crippen MR) is 95.6 cm³/mol. The van der Waals surface area contributed by atoms with Crippen LogP contribution in [0.5, 0.6) is 11.5 Å². The van der Waals surface area contributed by atoms with E-state index in [4.69, 9.17) is 9.47 Å². The van der Waals surface area contributed by atoms with Crippen molar-refractivity contribution in [3.8, 4) is 11.5 Å². The van der Waals surface area contributed by atoms with Gasteiger partial charge in [-0.1, -0.05) is 24.3 Å². The van der Waals surface area contributed by atoms with E-state index in [9.17, 15) is 9.18 Å². The number of rotatable bonds is 9. The topological polar surface area (TPSA) is 47.6 Å². The van der Waals surface area contributed by atoms with Crippen LogP contribution in [-0.4, -0.2) is 25.7 Å². The van der Waals surface area contributed by atoms with Crippen molar-refractivity contribution in [2.75, 3.05) is 19.8 Å². The minimum Gasteiger partial charge on any atom is -0.490 e. The van der Waals surface area contributed by atoms with Gasteiger partial charge in [0.25, 0.3) is 0 Å². The van der Waals surface area contributed by atoms with Crippen LogP contribution in [0.1, 0.15) is 25.0 Å². The molecule has 0 unspecified atom stereocenters. The molecule has 4 nitrogen and oxygen atoms in total. The number of carbonyl (C=O) groups is 1. The highest BCUT2D eigenvalue weighted by Gasteiger charge is 2.09. The monoisotopic (exact) mass is 345 g/mol. The van der Waals surface area contributed by atoms with Gasteiger partial charge >= 0.3 is 0 Å². The fourth-order valence-corrected chi connectivity index (χ4v) is 2.47. The zero-order chi connectivity index (χ0) is 18.1. The van der Waals surface area contributed by atoms with E-state index in [0.717, 1.165) is 11.3 Å². The first-order chi connectivity index (χ1) is 12.1. The maximum Gasteiger partial charge on any atom is 0.224 e. The molecule has 0 atom stereocenters. The maximum atomic E-state index is 13.5. The minimum absolute atomic E-state index is 0.0418. The third kappa shape index (κ3) is 5.78. The van der Waals surface area contributed by atoms with Crippen molar-refractivity contribution in [1.29, 1.82) is 0 Å². The Morgan fingerprint density at radius 2 is 1.76 bits per heavy atom. The van der Waals surface area contributed by atoms with Gasteiger partial charge in [0, 0.05) is 6.54 Å². The summed E-state index contributed by atoms with van der Waals surface area (Å²) in [7, 11) is 0. The number of benzene rings is 2. The van der Waals surface area contributed by atoms with Crippen LogP contribution in [0.25, 0.3) is 0 Å². The molecule has 0 aliphatic rings. The molecule has 0 saturated heterocycles. The second kappa shape index (κ2) is 9.67. The van der Waals surface area contributed by atoms with Crippen molar-refractivity contribution in [1.82, 2.24) is 5.32 Å². The lowest BCUT2D eigenvalue weighted by molar-refractivity contribution is -0.120. The van der Waals surface area contributed by atoms with E-state index >= 15 is 0 Å². The van der Waals surface area contributed by atoms with Gasteiger partial charge in [-0.3, -0.25) is 4.79 Å². The summed E-state index contributed by atoms with van der Waals surface area (Å²) in [5.74, 6) is 0.878. The van der Waals surface area contributed by atoms with Crippen LogP contribution in [0.3, 0.4) is 0 Å². The average Bonchev–Trinajstić information content (AvgIpc) is 2.59. The second-order valence-electron chi connectivity index (χ2n) is 5.52. The van der Waals surface area contributed by atoms with E-state index < -0.39 is 0 Å². The van der Waals surface area contributed by atoms with Crippen molar-refractivity contribution in [3.63, 3.8) is 0 Å². The maximum absolute atomic E-state index is 13.5. The molecule has 5 heteroatoms. The van der Waals surface area contributed by atoms with Crippen LogP contribution >= 0.6 is 0 Å². The van der Waals surface area contributed by atoms with E-state index in [1.54, 1.807) is 18.2 Å². The van der Waals surface area contributed by atoms with Crippen LogP contribution in [0.15, 0.2) is 42.5 Å². The molecular formula is C20H24FNO3. The second-order valence-corrected chi connectivity index (χ2v) is 5.52. The smallest absolute Gasteiger partial charge is 0.224 e. The highest BCUT2D eigenvalue weighted by molar-refractivity contribution is 5.78. The normalized spacial score (nSPS) is 10.4. The van der Waals surface area contributed by atoms with E-state index in [2.05, 4.69) is 5.32 Å². The quantitative estimate of drug-likeness (QED) is 0.756. The van der Waals surface area contributed by atoms with Crippen LogP contribution in [0, 0.1) is 5.82 Å². The number of hydrogen-bond donors (Lipinski definition) is 1. The number of hydrogen-bond acceptors (Lipinski definition) is 3. The number of halogens is 1. The SMILES string of the molecule is CCOc1ccc(CCNC(=O)Cc2ccccc2F)cc1OCC. The Balaban J connectivity index is 1.87. The fourth-order valence-electron chi connectivity index (χ4n) is 2.47. The zero-order valence-corrected chi connectivity index (χ0v) is 14.7. The summed E-state index contributed by atoms with van der Waals surface area (Å²) in [5.41, 5.74) is 1.44. The molecule has 2 aromatic carbocycles. The molecule has 0 aliphatic carbocycles. The van der Waals surface area contributed by atoms with Gasteiger partial charge in [-0.05, 0) is 49.6 Å². The molecule has 0 aliphatic heterocycles. The molecule has 0 radical (unpaired) electrons. The summed E-state index contributed by atoms with van der Waals surface area (Å²) < 4.78 is 24.7. The van der Waals surface area contributed by atoms with Gasteiger partial charge < -0.3 is 14.8 Å². The van der Waals surface area contributed by atoms with Gasteiger partial charge in [-0.2, -0.15) is 0 Å². The lowest BCUT2D eigenvalue weighted by Crippen LogP contribution is -2.27. The van der Waals surface area contributed by atoms with Gasteiger partial charge in [-0.25, -0.2) is 4.39 Å². The van der Waals surface area contributed by atoms with Crippen molar-refractivity contribution in [2.24, 2.45) is 0 Å². The molecule has 2 rings (SSSR count). The van der Waals surface area contributed by atoms with Crippen LogP contribution < -0.4 is 14.8 Å². The summed E-state index contributed by atoms with van der Waals surface area (Å²) in [6.45, 7) is 5.46. The zero-order valence-electron chi connectivity index (χ0n) is 14.7. The summed E-state index contributed by atoms with van der Waals surface area (Å²) >= 11 is 0. The first-order valence-corrected chi connectivity index (χ1v) is 8.52. The Bertz CT molecular complexity index is 703. The number of carbonyl (C=O) groups excluding carboxylic acids is 1. The van der Waals surface area contributed by atoms with Gasteiger partial charge in [-0.15, -0.1) is 0 Å². The molecule has 134 valence electrons. The largest absolute Gasteiger partial charge is 0.490 e. The molecule has 0 spiro atoms. The van der Waals surface area contributed by atoms with Crippen molar-refractivity contribution in [3.05, 3.63) is 59.4 Å². The number of amides is 1. The molecule has 0 saturated carbocycles. The third-order valence-corrected chi connectivity index (χ3v) is 3.65. The Kier molecular flexibility index (Phi) is 7.26. The predicted octanol–water partition coefficient (Wildman–Crippen LogP) is 3.52. The lowest BCUT2D eigenvalue weighted by atomic mass is 10.1. The van der Waals surface area contributed by atoms with Crippen molar-refractivity contribution in [2.45, 2.75) is 26.7 Å². The molecule has 0 heterocycles. The molecule has 2 aromatic rings. The molecular weight excluding hydrogens is 321 g/mol. The van der Waals surface area contributed by atoms with Gasteiger partial charge in [0.2, 0.25) is 5.91 Å². The van der Waals surface area contributed by atoms with Crippen molar-refractivity contribution >= 4 is 5.91 Å². The Hall–Kier alpha value is -2.56. The van der Waals surface area contributed by atoms with Gasteiger partial charge in [0.1, 0.15) is 5.82 Å². The standard InChI is InChI=1S/C20H24FNO3/c1-3-24-18-10-9-15(13-19(18)25-4-2)11-12-22-20(23)14-16-7-5-6-8-17(16)21/h5-10,13H,3-4,11-12,14H2,1-2H3,(H,22,23). The first kappa shape index (κ1) is 18.8. The molecule has 1 N–H and O–H groups in total. The van der Waals surface area contributed by atoms with Crippen LogP contribution in [-0.2, 0) is 17.6 Å². The Morgan fingerprint density at radius 1 is 1.04 bits per heavy atom. The summed E-state index contributed by atoms with van der Waals surface area (Å²) in [5, 5.41) is 2.82. The van der Waals surface area contributed by atoms with Gasteiger partial charge in [0.05, 0.1) is 19.6 Å². The molecule has 0 bridgehead atoms.